The quantitative estimate of drug-likeness (QED) is 0.697. The Balaban J connectivity index is 1.95. The monoisotopic (exact) mass is 203 g/mol. The number of hydrogen-bond acceptors (Lipinski definition) is 3. The summed E-state index contributed by atoms with van der Waals surface area (Å²) in [6.45, 7) is 3.45. The molecule has 78 valence electrons. The van der Waals surface area contributed by atoms with Gasteiger partial charge in [-0.2, -0.15) is 5.10 Å². The summed E-state index contributed by atoms with van der Waals surface area (Å²) in [6, 6.07) is 8.22. The highest BCUT2D eigenvalue weighted by Crippen LogP contribution is 2.13. The first-order valence-corrected chi connectivity index (χ1v) is 5.20. The summed E-state index contributed by atoms with van der Waals surface area (Å²) in [6.07, 6.45) is 1.97. The van der Waals surface area contributed by atoms with Gasteiger partial charge in [-0.15, -0.1) is 0 Å². The molecule has 1 aliphatic rings. The highest BCUT2D eigenvalue weighted by atomic mass is 16.5. The van der Waals surface area contributed by atoms with Crippen LogP contribution in [0.3, 0.4) is 0 Å². The molecule has 0 atom stereocenters. The van der Waals surface area contributed by atoms with Gasteiger partial charge < -0.3 is 9.64 Å². The first kappa shape index (κ1) is 8.73. The van der Waals surface area contributed by atoms with Crippen molar-refractivity contribution in [2.45, 2.75) is 0 Å². The van der Waals surface area contributed by atoms with Crippen LogP contribution in [0.5, 0.6) is 0 Å². The summed E-state index contributed by atoms with van der Waals surface area (Å²) < 4.78 is 7.22. The molecule has 0 unspecified atom stereocenters. The molecule has 0 spiro atoms. The standard InChI is InChI=1S/C11H13N3O/c1-2-10-3-4-11(12-14(10)5-1)13-6-8-15-9-7-13/h1-5H,6-9H2. The lowest BCUT2D eigenvalue weighted by Gasteiger charge is -2.27. The van der Waals surface area contributed by atoms with E-state index in [2.05, 4.69) is 28.2 Å². The molecule has 0 bridgehead atoms. The Labute approximate surface area is 88.1 Å². The lowest BCUT2D eigenvalue weighted by atomic mass is 10.4. The minimum absolute atomic E-state index is 0.797. The summed E-state index contributed by atoms with van der Waals surface area (Å²) in [5.74, 6) is 1.03. The molecule has 1 fully saturated rings. The minimum Gasteiger partial charge on any atom is -0.378 e. The molecule has 0 aliphatic carbocycles. The Morgan fingerprint density at radius 3 is 2.87 bits per heavy atom. The zero-order valence-electron chi connectivity index (χ0n) is 8.47. The first-order chi connectivity index (χ1) is 7.43. The SMILES string of the molecule is c1cc2ccc(N3CCOCC3)nn2c1. The fourth-order valence-electron chi connectivity index (χ4n) is 1.87. The highest BCUT2D eigenvalue weighted by molar-refractivity contribution is 5.51. The molecule has 2 aromatic rings. The molecule has 1 saturated heterocycles. The number of fused-ring (bicyclic) bond motifs is 1. The van der Waals surface area contributed by atoms with Crippen LogP contribution < -0.4 is 4.90 Å². The largest absolute Gasteiger partial charge is 0.378 e. The number of anilines is 1. The fourth-order valence-corrected chi connectivity index (χ4v) is 1.87. The van der Waals surface area contributed by atoms with Gasteiger partial charge in [-0.05, 0) is 24.3 Å². The number of nitrogens with zero attached hydrogens (tertiary/aromatic N) is 3. The molecular weight excluding hydrogens is 190 g/mol. The number of aromatic nitrogens is 2. The molecule has 3 heterocycles. The molecule has 0 amide bonds. The molecule has 3 rings (SSSR count). The van der Waals surface area contributed by atoms with E-state index in [0.717, 1.165) is 37.6 Å². The van der Waals surface area contributed by atoms with E-state index in [9.17, 15) is 0 Å². The Hall–Kier alpha value is -1.55. The Morgan fingerprint density at radius 1 is 1.13 bits per heavy atom. The summed E-state index contributed by atoms with van der Waals surface area (Å²) >= 11 is 0. The van der Waals surface area contributed by atoms with Crippen molar-refractivity contribution in [1.82, 2.24) is 9.61 Å². The van der Waals surface area contributed by atoms with E-state index >= 15 is 0 Å². The van der Waals surface area contributed by atoms with E-state index in [1.54, 1.807) is 0 Å². The van der Waals surface area contributed by atoms with Crippen LogP contribution in [0, 0.1) is 0 Å². The third-order valence-corrected chi connectivity index (χ3v) is 2.71. The zero-order chi connectivity index (χ0) is 10.1. The highest BCUT2D eigenvalue weighted by Gasteiger charge is 2.12. The summed E-state index contributed by atoms with van der Waals surface area (Å²) in [5.41, 5.74) is 1.13. The van der Waals surface area contributed by atoms with Gasteiger partial charge in [-0.25, -0.2) is 4.52 Å². The van der Waals surface area contributed by atoms with Crippen molar-refractivity contribution in [2.75, 3.05) is 31.2 Å². The number of ether oxygens (including phenoxy) is 1. The molecule has 4 heteroatoms. The zero-order valence-corrected chi connectivity index (χ0v) is 8.47. The predicted molar refractivity (Wildman–Crippen MR) is 58.2 cm³/mol. The van der Waals surface area contributed by atoms with Crippen LogP contribution in [0.25, 0.3) is 5.52 Å². The normalized spacial score (nSPS) is 17.2. The van der Waals surface area contributed by atoms with Crippen LogP contribution >= 0.6 is 0 Å². The van der Waals surface area contributed by atoms with Gasteiger partial charge in [0.25, 0.3) is 0 Å². The molecular formula is C11H13N3O. The molecule has 1 aliphatic heterocycles. The third-order valence-electron chi connectivity index (χ3n) is 2.71. The molecule has 2 aromatic heterocycles. The molecule has 0 saturated carbocycles. The number of hydrogen-bond donors (Lipinski definition) is 0. The van der Waals surface area contributed by atoms with E-state index in [4.69, 9.17) is 4.74 Å². The maximum absolute atomic E-state index is 5.32. The van der Waals surface area contributed by atoms with Crippen molar-refractivity contribution in [1.29, 1.82) is 0 Å². The van der Waals surface area contributed by atoms with Crippen molar-refractivity contribution in [2.24, 2.45) is 0 Å². The smallest absolute Gasteiger partial charge is 0.149 e. The Kier molecular flexibility index (Phi) is 2.07. The maximum Gasteiger partial charge on any atom is 0.149 e. The van der Waals surface area contributed by atoms with Crippen LogP contribution in [0.4, 0.5) is 5.82 Å². The lowest BCUT2D eigenvalue weighted by Crippen LogP contribution is -2.36. The first-order valence-electron chi connectivity index (χ1n) is 5.20. The van der Waals surface area contributed by atoms with Crippen LogP contribution in [0.1, 0.15) is 0 Å². The van der Waals surface area contributed by atoms with Gasteiger partial charge in [0.05, 0.1) is 18.7 Å². The van der Waals surface area contributed by atoms with Crippen LogP contribution in [0.2, 0.25) is 0 Å². The maximum atomic E-state index is 5.32. The molecule has 0 aromatic carbocycles. The van der Waals surface area contributed by atoms with E-state index in [-0.39, 0.29) is 0 Å². The van der Waals surface area contributed by atoms with Gasteiger partial charge in [0, 0.05) is 19.3 Å². The molecule has 0 N–H and O–H groups in total. The van der Waals surface area contributed by atoms with Crippen LogP contribution in [-0.4, -0.2) is 35.9 Å². The summed E-state index contributed by atoms with van der Waals surface area (Å²) in [7, 11) is 0. The van der Waals surface area contributed by atoms with Gasteiger partial charge in [0.15, 0.2) is 0 Å². The van der Waals surface area contributed by atoms with Gasteiger partial charge in [0.2, 0.25) is 0 Å². The van der Waals surface area contributed by atoms with E-state index in [1.165, 1.54) is 0 Å². The molecule has 0 radical (unpaired) electrons. The number of rotatable bonds is 1. The molecule has 15 heavy (non-hydrogen) atoms. The van der Waals surface area contributed by atoms with Gasteiger partial charge in [0.1, 0.15) is 5.82 Å². The van der Waals surface area contributed by atoms with Gasteiger partial charge in [-0.3, -0.25) is 0 Å². The average molecular weight is 203 g/mol. The predicted octanol–water partition coefficient (Wildman–Crippen LogP) is 1.17. The van der Waals surface area contributed by atoms with Crippen LogP contribution in [0.15, 0.2) is 30.5 Å². The molecule has 4 nitrogen and oxygen atoms in total. The average Bonchev–Trinajstić information content (AvgIpc) is 2.77. The summed E-state index contributed by atoms with van der Waals surface area (Å²) in [4.78, 5) is 2.25. The van der Waals surface area contributed by atoms with Crippen molar-refractivity contribution >= 4 is 11.3 Å². The van der Waals surface area contributed by atoms with Crippen molar-refractivity contribution in [3.05, 3.63) is 30.5 Å². The topological polar surface area (TPSA) is 29.8 Å². The minimum atomic E-state index is 0.797. The second-order valence-electron chi connectivity index (χ2n) is 3.67. The second kappa shape index (κ2) is 3.55. The number of morpholine rings is 1. The fraction of sp³-hybridized carbons (Fsp3) is 0.364. The van der Waals surface area contributed by atoms with Crippen LogP contribution in [-0.2, 0) is 4.74 Å². The van der Waals surface area contributed by atoms with Crippen molar-refractivity contribution in [3.63, 3.8) is 0 Å². The Morgan fingerprint density at radius 2 is 2.00 bits per heavy atom. The second-order valence-corrected chi connectivity index (χ2v) is 3.67. The van der Waals surface area contributed by atoms with Gasteiger partial charge >= 0.3 is 0 Å². The van der Waals surface area contributed by atoms with E-state index < -0.39 is 0 Å². The Bertz CT molecular complexity index is 460. The van der Waals surface area contributed by atoms with Crippen molar-refractivity contribution in [3.8, 4) is 0 Å². The van der Waals surface area contributed by atoms with Crippen molar-refractivity contribution < 1.29 is 4.74 Å². The summed E-state index contributed by atoms with van der Waals surface area (Å²) in [5, 5.41) is 4.55. The van der Waals surface area contributed by atoms with Gasteiger partial charge in [-0.1, -0.05) is 0 Å². The third kappa shape index (κ3) is 1.57. The lowest BCUT2D eigenvalue weighted by molar-refractivity contribution is 0.122. The van der Waals surface area contributed by atoms with E-state index in [1.807, 2.05) is 16.8 Å². The van der Waals surface area contributed by atoms with E-state index in [0.29, 0.717) is 0 Å².